The molecule has 0 radical (unpaired) electrons. The predicted octanol–water partition coefficient (Wildman–Crippen LogP) is 11.5. The van der Waals surface area contributed by atoms with Gasteiger partial charge in [-0.15, -0.1) is 20.5 Å². The SMILES string of the molecule is Cc1cc(NC(=O)Nc2cc(C)c(N=Nc3cc(C)c(N=Nc4ccc(N(C)C)cc4S(=O)(=O)O)cc3OCCCS(=O)(=O)O)cc2OCCCS(=O)(=O)O)c(OCCCS(=O)(=O)O)cc1N=Nc1cc(C)c(N=Nc2ccc(N(C)C)cc2S(=O)(=O)O)cc1OCCCS(=O)(=O)O. The zero-order chi connectivity index (χ0) is 72.7. The number of nitrogens with zero attached hydrogens (tertiary/aromatic N) is 10. The Balaban J connectivity index is 1.35. The summed E-state index contributed by atoms with van der Waals surface area (Å²) in [6, 6.07) is 18.2. The van der Waals surface area contributed by atoms with Crippen LogP contribution in [0, 0.1) is 27.7 Å². The van der Waals surface area contributed by atoms with E-state index in [2.05, 4.69) is 51.5 Å². The zero-order valence-corrected chi connectivity index (χ0v) is 58.5. The number of aryl methyl sites for hydroxylation is 4. The maximum atomic E-state index is 14.1. The number of azo groups is 4. The molecule has 0 atom stereocenters. The van der Waals surface area contributed by atoms with Gasteiger partial charge in [-0.1, -0.05) is 0 Å². The number of amides is 2. The molecule has 0 bridgehead atoms. The van der Waals surface area contributed by atoms with Crippen molar-refractivity contribution in [2.45, 2.75) is 63.2 Å². The van der Waals surface area contributed by atoms with Crippen molar-refractivity contribution in [2.75, 3.05) is 98.1 Å². The van der Waals surface area contributed by atoms with E-state index in [1.54, 1.807) is 77.8 Å². The van der Waals surface area contributed by atoms with Gasteiger partial charge in [-0.05, 0) is 136 Å². The smallest absolute Gasteiger partial charge is 0.323 e. The minimum atomic E-state index is -4.79. The van der Waals surface area contributed by atoms with Crippen LogP contribution in [0.3, 0.4) is 0 Å². The lowest BCUT2D eigenvalue weighted by molar-refractivity contribution is 0.261. The predicted molar refractivity (Wildman–Crippen MR) is 361 cm³/mol. The van der Waals surface area contributed by atoms with E-state index in [9.17, 15) is 82.6 Å². The number of carbonyl (C=O) groups excluding carboxylic acids is 1. The highest BCUT2D eigenvalue weighted by Gasteiger charge is 2.23. The molecule has 0 aliphatic heterocycles. The van der Waals surface area contributed by atoms with Gasteiger partial charge in [-0.2, -0.15) is 71.0 Å². The fourth-order valence-corrected chi connectivity index (χ4v) is 11.7. The Labute approximate surface area is 565 Å². The molecule has 6 rings (SSSR count). The van der Waals surface area contributed by atoms with Crippen molar-refractivity contribution in [2.24, 2.45) is 40.9 Å². The summed E-state index contributed by atoms with van der Waals surface area (Å²) in [5, 5.41) is 39.4. The molecule has 8 N–H and O–H groups in total. The number of ether oxygens (including phenoxy) is 4. The molecule has 0 unspecified atom stereocenters. The van der Waals surface area contributed by atoms with Crippen molar-refractivity contribution in [1.82, 2.24) is 0 Å². The van der Waals surface area contributed by atoms with Crippen molar-refractivity contribution in [3.05, 3.63) is 107 Å². The minimum absolute atomic E-state index is 0.0249. The van der Waals surface area contributed by atoms with Crippen molar-refractivity contribution >= 4 is 135 Å². The Morgan fingerprint density at radius 2 is 0.612 bits per heavy atom. The van der Waals surface area contributed by atoms with E-state index in [1.807, 2.05) is 0 Å². The first-order chi connectivity index (χ1) is 45.5. The summed E-state index contributed by atoms with van der Waals surface area (Å²) in [5.41, 5.74) is 2.18. The quantitative estimate of drug-likeness (QED) is 0.0106. The highest BCUT2D eigenvalue weighted by Crippen LogP contribution is 2.43. The van der Waals surface area contributed by atoms with E-state index in [1.165, 1.54) is 72.8 Å². The lowest BCUT2D eigenvalue weighted by atomic mass is 10.1. The lowest BCUT2D eigenvalue weighted by Crippen LogP contribution is -2.21. The first kappa shape index (κ1) is 78.2. The molecule has 532 valence electrons. The van der Waals surface area contributed by atoms with E-state index in [4.69, 9.17) is 18.9 Å². The molecule has 0 heterocycles. The first-order valence-electron chi connectivity index (χ1n) is 28.8. The largest absolute Gasteiger partial charge is 0.491 e. The molecule has 41 heteroatoms. The fourth-order valence-electron chi connectivity index (χ4n) is 8.47. The van der Waals surface area contributed by atoms with Gasteiger partial charge in [0.25, 0.3) is 60.7 Å². The molecule has 6 aromatic carbocycles. The average molecular weight is 1480 g/mol. The highest BCUT2D eigenvalue weighted by molar-refractivity contribution is 7.87. The fraction of sp³-hybridized carbons (Fsp3) is 0.351. The lowest BCUT2D eigenvalue weighted by Gasteiger charge is -2.17. The van der Waals surface area contributed by atoms with Crippen LogP contribution in [0.2, 0.25) is 0 Å². The molecule has 6 aromatic rings. The number of anilines is 4. The number of carbonyl (C=O) groups is 1. The van der Waals surface area contributed by atoms with Gasteiger partial charge < -0.3 is 39.4 Å². The van der Waals surface area contributed by atoms with Gasteiger partial charge in [0.15, 0.2) is 0 Å². The van der Waals surface area contributed by atoms with Gasteiger partial charge in [-0.25, -0.2) is 4.79 Å². The molecule has 2 amide bonds. The van der Waals surface area contributed by atoms with E-state index in [-0.39, 0.29) is 132 Å². The number of nitrogens with one attached hydrogen (secondary N) is 2. The normalized spacial score (nSPS) is 12.6. The Kier molecular flexibility index (Phi) is 26.5. The summed E-state index contributed by atoms with van der Waals surface area (Å²) < 4.78 is 223. The third-order valence-electron chi connectivity index (χ3n) is 13.4. The third-order valence-corrected chi connectivity index (χ3v) is 18.4. The van der Waals surface area contributed by atoms with Crippen LogP contribution in [-0.4, -0.2) is 161 Å². The van der Waals surface area contributed by atoms with Crippen molar-refractivity contribution < 1.29 is 102 Å². The molecule has 0 saturated carbocycles. The molecule has 0 aromatic heterocycles. The Morgan fingerprint density at radius 3 is 0.888 bits per heavy atom. The van der Waals surface area contributed by atoms with Crippen molar-refractivity contribution in [1.29, 1.82) is 0 Å². The van der Waals surface area contributed by atoms with Crippen LogP contribution in [0.4, 0.5) is 73.0 Å². The molecule has 0 aliphatic carbocycles. The molecule has 0 saturated heterocycles. The van der Waals surface area contributed by atoms with E-state index in [0.29, 0.717) is 33.6 Å². The second kappa shape index (κ2) is 33.2. The Morgan fingerprint density at radius 1 is 0.357 bits per heavy atom. The maximum Gasteiger partial charge on any atom is 0.323 e. The molecular weight excluding hydrogens is 1410 g/mol. The average Bonchev–Trinajstić information content (AvgIpc) is 0.822. The van der Waals surface area contributed by atoms with Crippen LogP contribution < -0.4 is 39.4 Å². The van der Waals surface area contributed by atoms with Gasteiger partial charge in [0.05, 0.1) is 83.6 Å². The molecule has 35 nitrogen and oxygen atoms in total. The number of hydrogen-bond donors (Lipinski definition) is 8. The molecule has 0 aliphatic rings. The summed E-state index contributed by atoms with van der Waals surface area (Å²) in [5.74, 6) is -3.11. The van der Waals surface area contributed by atoms with Gasteiger partial charge >= 0.3 is 6.03 Å². The highest BCUT2D eigenvalue weighted by atomic mass is 32.2. The standard InChI is InChI=1S/C57H70N12O23S6/c1-35-25-47(51(89-17-9-21-93(71,72)73)31-43(35)64-66-49-27-37(3)45(33-53(49)91-19-11-23-95(77,78)79)62-60-41-15-13-39(68(5)6)29-55(41)97(83,84)85)58-57(70)59-48-26-36(2)44(32-52(48)90-18-10-22-94(74,75)76)65-67-50-28-38(4)46(34-54(50)92-20-12-24-96(80,81)82)63-61-42-16-14-40(69(7)8)30-56(42)98(86,87)88/h13-16,25-34H,9-12,17-24H2,1-8H3,(H2,58,59,70)(H,71,72,73)(H,74,75,76)(H,77,78,79)(H,80,81,82)(H,83,84,85)(H,86,87,88). The van der Waals surface area contributed by atoms with E-state index < -0.39 is 99.5 Å². The van der Waals surface area contributed by atoms with Crippen molar-refractivity contribution in [3.8, 4) is 23.0 Å². The number of urea groups is 1. The summed E-state index contributed by atoms with van der Waals surface area (Å²) >= 11 is 0. The zero-order valence-electron chi connectivity index (χ0n) is 53.6. The third kappa shape index (κ3) is 25.0. The number of rotatable bonds is 34. The monoisotopic (exact) mass is 1480 g/mol. The van der Waals surface area contributed by atoms with Gasteiger partial charge in [0.1, 0.15) is 55.5 Å². The number of hydrogen-bond acceptors (Lipinski definition) is 27. The van der Waals surface area contributed by atoms with Crippen LogP contribution in [0.5, 0.6) is 23.0 Å². The summed E-state index contributed by atoms with van der Waals surface area (Å²) in [6.45, 7) is 5.03. The second-order valence-corrected chi connectivity index (χ2v) is 30.9. The molecule has 0 fully saturated rings. The second-order valence-electron chi connectivity index (χ2n) is 21.9. The van der Waals surface area contributed by atoms with Crippen LogP contribution in [0.1, 0.15) is 47.9 Å². The Bertz CT molecular complexity index is 4510. The molecular formula is C57H70N12O23S6. The van der Waals surface area contributed by atoms with Crippen LogP contribution in [0.15, 0.2) is 136 Å². The van der Waals surface area contributed by atoms with E-state index in [0.717, 1.165) is 0 Å². The summed E-state index contributed by atoms with van der Waals surface area (Å²) in [7, 11) is -20.7. The summed E-state index contributed by atoms with van der Waals surface area (Å²) in [4.78, 5) is 16.2. The van der Waals surface area contributed by atoms with Crippen LogP contribution >= 0.6 is 0 Å². The maximum absolute atomic E-state index is 14.1. The van der Waals surface area contributed by atoms with Gasteiger partial charge in [0.2, 0.25) is 0 Å². The van der Waals surface area contributed by atoms with Crippen LogP contribution in [0.25, 0.3) is 0 Å². The summed E-state index contributed by atoms with van der Waals surface area (Å²) in [6.07, 6.45) is -0.870. The van der Waals surface area contributed by atoms with Crippen LogP contribution in [-0.2, 0) is 60.7 Å². The van der Waals surface area contributed by atoms with Gasteiger partial charge in [0, 0.05) is 63.8 Å². The first-order valence-corrected chi connectivity index (χ1v) is 38.1. The van der Waals surface area contributed by atoms with E-state index >= 15 is 0 Å². The Hall–Kier alpha value is -8.75. The molecule has 0 spiro atoms. The van der Waals surface area contributed by atoms with Gasteiger partial charge in [-0.3, -0.25) is 27.3 Å². The number of benzene rings is 6. The van der Waals surface area contributed by atoms with Crippen molar-refractivity contribution in [3.63, 3.8) is 0 Å². The molecule has 98 heavy (non-hydrogen) atoms. The minimum Gasteiger partial charge on any atom is -0.491 e. The topological polar surface area (TPSA) is 510 Å².